The Morgan fingerprint density at radius 1 is 0.877 bits per heavy atom. The molecule has 9 nitrogen and oxygen atoms in total. The summed E-state index contributed by atoms with van der Waals surface area (Å²) in [5.41, 5.74) is 7.31. The highest BCUT2D eigenvalue weighted by Crippen LogP contribution is 2.43. The van der Waals surface area contributed by atoms with Crippen LogP contribution in [0.15, 0.2) is 91.3 Å². The van der Waals surface area contributed by atoms with Gasteiger partial charge in [0.25, 0.3) is 5.91 Å². The molecule has 3 N–H and O–H groups in total. The number of benzene rings is 4. The van der Waals surface area contributed by atoms with Crippen molar-refractivity contribution in [1.29, 1.82) is 0 Å². The highest BCUT2D eigenvalue weighted by atomic mass is 35.5. The lowest BCUT2D eigenvalue weighted by atomic mass is 9.94. The maximum Gasteiger partial charge on any atom is 0.272 e. The molecule has 1 aliphatic heterocycles. The van der Waals surface area contributed by atoms with E-state index in [-0.39, 0.29) is 24.3 Å². The molecule has 57 heavy (non-hydrogen) atoms. The van der Waals surface area contributed by atoms with Gasteiger partial charge < -0.3 is 25.1 Å². The fourth-order valence-corrected chi connectivity index (χ4v) is 9.33. The molecule has 0 bridgehead atoms. The van der Waals surface area contributed by atoms with Crippen molar-refractivity contribution in [2.45, 2.75) is 57.5 Å². The molecule has 8 rings (SSSR count). The van der Waals surface area contributed by atoms with Gasteiger partial charge in [0.15, 0.2) is 0 Å². The first-order valence-corrected chi connectivity index (χ1v) is 20.8. The van der Waals surface area contributed by atoms with Crippen LogP contribution in [-0.4, -0.2) is 70.5 Å². The largest absolute Gasteiger partial charge is 0.367 e. The van der Waals surface area contributed by atoms with Gasteiger partial charge in [-0.25, -0.2) is 4.98 Å². The van der Waals surface area contributed by atoms with Crippen LogP contribution in [0.25, 0.3) is 33.4 Å². The van der Waals surface area contributed by atoms with E-state index >= 15 is 4.79 Å². The molecule has 1 atom stereocenters. The second-order valence-corrected chi connectivity index (χ2v) is 16.4. The lowest BCUT2D eigenvalue weighted by molar-refractivity contribution is -0.119. The van der Waals surface area contributed by atoms with Gasteiger partial charge in [0.1, 0.15) is 5.69 Å². The summed E-state index contributed by atoms with van der Waals surface area (Å²) < 4.78 is 2.06. The van der Waals surface area contributed by atoms with E-state index in [0.717, 1.165) is 59.6 Å². The minimum Gasteiger partial charge on any atom is -0.367 e. The zero-order chi connectivity index (χ0) is 39.6. The van der Waals surface area contributed by atoms with Crippen molar-refractivity contribution >= 4 is 68.9 Å². The van der Waals surface area contributed by atoms with Crippen molar-refractivity contribution in [2.75, 3.05) is 43.4 Å². The summed E-state index contributed by atoms with van der Waals surface area (Å²) in [7, 11) is 1.63. The van der Waals surface area contributed by atoms with Gasteiger partial charge in [0, 0.05) is 76.4 Å². The zero-order valence-corrected chi connectivity index (χ0v) is 34.4. The van der Waals surface area contributed by atoms with E-state index in [0.29, 0.717) is 49.3 Å². The quantitative estimate of drug-likeness (QED) is 0.128. The van der Waals surface area contributed by atoms with Gasteiger partial charge in [-0.1, -0.05) is 103 Å². The summed E-state index contributed by atoms with van der Waals surface area (Å²) in [6.45, 7) is 5.67. The molecule has 2 amide bonds. The van der Waals surface area contributed by atoms with Crippen molar-refractivity contribution < 1.29 is 9.59 Å². The van der Waals surface area contributed by atoms with Gasteiger partial charge in [0.05, 0.1) is 41.6 Å². The fraction of sp³-hybridized carbons (Fsp3) is 0.311. The number of likely N-dealkylation sites (N-methyl/N-ethyl adjacent to an activating group) is 1. The number of fused-ring (bicyclic) bond motifs is 1. The van der Waals surface area contributed by atoms with Crippen molar-refractivity contribution in [1.82, 2.24) is 24.8 Å². The second-order valence-electron chi connectivity index (χ2n) is 15.1. The highest BCUT2D eigenvalue weighted by Gasteiger charge is 2.30. The van der Waals surface area contributed by atoms with Crippen LogP contribution in [0.2, 0.25) is 15.1 Å². The Bertz CT molecular complexity index is 2410. The predicted molar refractivity (Wildman–Crippen MR) is 233 cm³/mol. The van der Waals surface area contributed by atoms with E-state index in [9.17, 15) is 4.79 Å². The van der Waals surface area contributed by atoms with E-state index in [2.05, 4.69) is 36.9 Å². The van der Waals surface area contributed by atoms with Crippen molar-refractivity contribution in [2.24, 2.45) is 0 Å². The molecule has 0 radical (unpaired) electrons. The molecule has 2 fully saturated rings. The molecular weight excluding hydrogens is 777 g/mol. The monoisotopic (exact) mass is 821 g/mol. The first-order valence-electron chi connectivity index (χ1n) is 19.7. The van der Waals surface area contributed by atoms with Crippen LogP contribution in [0, 0.1) is 0 Å². The number of aromatic nitrogens is 3. The summed E-state index contributed by atoms with van der Waals surface area (Å²) in [6.07, 6.45) is 8.47. The topological polar surface area (TPSA) is 98.3 Å². The Kier molecular flexibility index (Phi) is 11.6. The minimum absolute atomic E-state index is 0.104. The molecule has 294 valence electrons. The number of carbonyl (C=O) groups excluding carboxylic acids is 2. The molecule has 3 heterocycles. The first kappa shape index (κ1) is 39.0. The van der Waals surface area contributed by atoms with Gasteiger partial charge in [-0.15, -0.1) is 0 Å². The van der Waals surface area contributed by atoms with E-state index in [1.54, 1.807) is 19.4 Å². The Labute approximate surface area is 348 Å². The first-order chi connectivity index (χ1) is 27.7. The van der Waals surface area contributed by atoms with Crippen LogP contribution >= 0.6 is 34.8 Å². The van der Waals surface area contributed by atoms with Crippen LogP contribution in [0.5, 0.6) is 0 Å². The Morgan fingerprint density at radius 2 is 1.61 bits per heavy atom. The Balaban J connectivity index is 1.23. The lowest BCUT2D eigenvalue weighted by Gasteiger charge is -2.42. The molecular formula is C45H46Cl3N7O2. The fourth-order valence-electron chi connectivity index (χ4n) is 8.59. The zero-order valence-electron chi connectivity index (χ0n) is 32.1. The van der Waals surface area contributed by atoms with Crippen LogP contribution in [0.3, 0.4) is 0 Å². The highest BCUT2D eigenvalue weighted by molar-refractivity contribution is 6.35. The van der Waals surface area contributed by atoms with Crippen LogP contribution in [0.4, 0.5) is 11.4 Å². The molecule has 12 heteroatoms. The number of H-pyrrole nitrogens is 1. The van der Waals surface area contributed by atoms with Gasteiger partial charge in [0.2, 0.25) is 5.91 Å². The summed E-state index contributed by atoms with van der Waals surface area (Å²) in [5, 5.41) is 8.46. The van der Waals surface area contributed by atoms with E-state index in [4.69, 9.17) is 39.8 Å². The summed E-state index contributed by atoms with van der Waals surface area (Å²) in [4.78, 5) is 41.0. The lowest BCUT2D eigenvalue weighted by Crippen LogP contribution is -2.51. The van der Waals surface area contributed by atoms with Crippen molar-refractivity contribution in [3.05, 3.63) is 123 Å². The number of anilines is 2. The third kappa shape index (κ3) is 8.17. The van der Waals surface area contributed by atoms with Gasteiger partial charge in [-0.3, -0.25) is 14.5 Å². The molecule has 4 aromatic carbocycles. The average molecular weight is 823 g/mol. The smallest absolute Gasteiger partial charge is 0.272 e. The van der Waals surface area contributed by atoms with Crippen molar-refractivity contribution in [3.8, 4) is 22.5 Å². The second kappa shape index (κ2) is 17.0. The SMILES string of the molecule is CNC(=O)Cc1ccc(N2CCN(C3CCCCC3)CC2)c(NC(=O)c2[nH]c3cc(Cl)ccc3c2-c2c(-c3ccccc3)ncn2[C@@H](C)c2ccc(Cl)cc2Cl)c1. The molecule has 6 aromatic rings. The van der Waals surface area contributed by atoms with E-state index in [1.165, 1.54) is 32.1 Å². The summed E-state index contributed by atoms with van der Waals surface area (Å²) in [6, 6.07) is 27.3. The number of amides is 2. The molecule has 1 aliphatic carbocycles. The number of imidazole rings is 1. The van der Waals surface area contributed by atoms with E-state index < -0.39 is 0 Å². The van der Waals surface area contributed by atoms with Crippen molar-refractivity contribution in [3.63, 3.8) is 0 Å². The molecule has 2 aromatic heterocycles. The average Bonchev–Trinajstić information content (AvgIpc) is 3.83. The third-order valence-electron chi connectivity index (χ3n) is 11.6. The standard InChI is InChI=1S/C45H46Cl3N7O2/c1-28(34-16-14-31(46)25-36(34)48)55-27-50-42(30-9-5-3-6-10-30)44(55)41-35-17-15-32(47)26-37(35)51-43(41)45(57)52-38-23-29(24-40(56)49-2)13-18-39(38)54-21-19-53(20-22-54)33-11-7-4-8-12-33/h3,5-6,9-10,13-18,23,25-28,33,51H,4,7-8,11-12,19-22,24H2,1-2H3,(H,49,56)(H,52,57)/t28-/m0/s1. The maximum absolute atomic E-state index is 15.0. The number of nitrogens with zero attached hydrogens (tertiary/aromatic N) is 4. The van der Waals surface area contributed by atoms with E-state index in [1.807, 2.05) is 78.9 Å². The molecule has 1 saturated carbocycles. The minimum atomic E-state index is -0.333. The maximum atomic E-state index is 15.0. The van der Waals surface area contributed by atoms with Crippen LogP contribution < -0.4 is 15.5 Å². The number of halogens is 3. The van der Waals surface area contributed by atoms with Gasteiger partial charge in [-0.05, 0) is 67.3 Å². The molecule has 0 unspecified atom stereocenters. The number of nitrogens with one attached hydrogen (secondary N) is 3. The number of piperazine rings is 1. The molecule has 1 saturated heterocycles. The number of aromatic amines is 1. The normalized spacial score (nSPS) is 15.8. The van der Waals surface area contributed by atoms with Crippen LogP contribution in [-0.2, 0) is 11.2 Å². The van der Waals surface area contributed by atoms with Gasteiger partial charge >= 0.3 is 0 Å². The number of rotatable bonds is 10. The molecule has 0 spiro atoms. The number of hydrogen-bond donors (Lipinski definition) is 3. The summed E-state index contributed by atoms with van der Waals surface area (Å²) >= 11 is 19.7. The number of carbonyl (C=O) groups is 2. The Hall–Kier alpha value is -4.80. The third-order valence-corrected chi connectivity index (χ3v) is 12.4. The van der Waals surface area contributed by atoms with Gasteiger partial charge in [-0.2, -0.15) is 0 Å². The number of hydrogen-bond acceptors (Lipinski definition) is 5. The summed E-state index contributed by atoms with van der Waals surface area (Å²) in [5.74, 6) is -0.437. The molecule has 2 aliphatic rings. The van der Waals surface area contributed by atoms with Crippen LogP contribution in [0.1, 0.15) is 66.7 Å². The predicted octanol–water partition coefficient (Wildman–Crippen LogP) is 10.3. The Morgan fingerprint density at radius 3 is 2.35 bits per heavy atom.